The van der Waals surface area contributed by atoms with E-state index in [1.165, 1.54) is 5.56 Å². The Morgan fingerprint density at radius 1 is 1.23 bits per heavy atom. The highest BCUT2D eigenvalue weighted by molar-refractivity contribution is 6.28. The average molecular weight is 311 g/mol. The first-order chi connectivity index (χ1) is 10.6. The van der Waals surface area contributed by atoms with Crippen molar-refractivity contribution in [3.8, 4) is 0 Å². The predicted molar refractivity (Wildman–Crippen MR) is 87.7 cm³/mol. The number of hydrogen-bond acceptors (Lipinski definition) is 3. The number of hydrogen-bond donors (Lipinski definition) is 0. The fourth-order valence-corrected chi connectivity index (χ4v) is 2.43. The van der Waals surface area contributed by atoms with Gasteiger partial charge >= 0.3 is 0 Å². The predicted octanol–water partition coefficient (Wildman–Crippen LogP) is 3.74. The summed E-state index contributed by atoms with van der Waals surface area (Å²) in [6, 6.07) is 12.1. The summed E-state index contributed by atoms with van der Waals surface area (Å²) in [4.78, 5) is 8.17. The molecule has 0 N–H and O–H groups in total. The second kappa shape index (κ2) is 6.12. The van der Waals surface area contributed by atoms with Crippen molar-refractivity contribution in [2.24, 2.45) is 0 Å². The Labute approximate surface area is 134 Å². The molecule has 110 valence electrons. The SMILES string of the molecule is C=C(c1ccn(Cc2ccccc2)n1)c1cnc(Cl)nc1C. The third-order valence-corrected chi connectivity index (χ3v) is 3.59. The van der Waals surface area contributed by atoms with E-state index in [1.807, 2.05) is 42.1 Å². The van der Waals surface area contributed by atoms with Crippen LogP contribution in [0.15, 0.2) is 55.4 Å². The van der Waals surface area contributed by atoms with Crippen LogP contribution in [0.5, 0.6) is 0 Å². The zero-order valence-corrected chi connectivity index (χ0v) is 13.0. The van der Waals surface area contributed by atoms with Crippen LogP contribution in [0.25, 0.3) is 5.57 Å². The smallest absolute Gasteiger partial charge is 0.222 e. The quantitative estimate of drug-likeness (QED) is 0.689. The van der Waals surface area contributed by atoms with Crippen LogP contribution in [0, 0.1) is 6.92 Å². The summed E-state index contributed by atoms with van der Waals surface area (Å²) in [6.07, 6.45) is 3.63. The van der Waals surface area contributed by atoms with E-state index in [9.17, 15) is 0 Å². The molecule has 0 bridgehead atoms. The highest BCUT2D eigenvalue weighted by Crippen LogP contribution is 2.22. The van der Waals surface area contributed by atoms with E-state index in [-0.39, 0.29) is 5.28 Å². The standard InChI is InChI=1S/C17H15ClN4/c1-12(15-10-19-17(18)20-13(15)2)16-8-9-22(21-16)11-14-6-4-3-5-7-14/h3-10H,1,11H2,2H3. The first-order valence-corrected chi connectivity index (χ1v) is 7.27. The summed E-state index contributed by atoms with van der Waals surface area (Å²) in [5.74, 6) is 0. The van der Waals surface area contributed by atoms with E-state index in [2.05, 4.69) is 33.8 Å². The lowest BCUT2D eigenvalue weighted by atomic mass is 10.1. The van der Waals surface area contributed by atoms with Gasteiger partial charge in [-0.2, -0.15) is 5.10 Å². The maximum atomic E-state index is 5.79. The molecule has 0 saturated heterocycles. The minimum Gasteiger partial charge on any atom is -0.268 e. The van der Waals surface area contributed by atoms with Gasteiger partial charge in [0.2, 0.25) is 5.28 Å². The molecule has 22 heavy (non-hydrogen) atoms. The van der Waals surface area contributed by atoms with Gasteiger partial charge in [0.1, 0.15) is 0 Å². The molecule has 2 heterocycles. The second-order valence-electron chi connectivity index (χ2n) is 5.00. The minimum absolute atomic E-state index is 0.239. The van der Waals surface area contributed by atoms with Crippen molar-refractivity contribution in [3.63, 3.8) is 0 Å². The van der Waals surface area contributed by atoms with Crippen molar-refractivity contribution < 1.29 is 0 Å². The molecule has 0 atom stereocenters. The van der Waals surface area contributed by atoms with Crippen LogP contribution >= 0.6 is 11.6 Å². The molecule has 2 aromatic heterocycles. The molecule has 5 heteroatoms. The molecule has 1 aromatic carbocycles. The van der Waals surface area contributed by atoms with Crippen LogP contribution in [0.1, 0.15) is 22.5 Å². The molecule has 0 aliphatic rings. The van der Waals surface area contributed by atoms with Crippen molar-refractivity contribution in [2.45, 2.75) is 13.5 Å². The van der Waals surface area contributed by atoms with Crippen LogP contribution in [-0.2, 0) is 6.54 Å². The molecule has 0 unspecified atom stereocenters. The third kappa shape index (κ3) is 3.07. The van der Waals surface area contributed by atoms with Gasteiger partial charge in [-0.15, -0.1) is 0 Å². The summed E-state index contributed by atoms with van der Waals surface area (Å²) in [5, 5.41) is 4.81. The van der Waals surface area contributed by atoms with Gasteiger partial charge in [-0.05, 0) is 30.2 Å². The van der Waals surface area contributed by atoms with Crippen LogP contribution in [0.2, 0.25) is 5.28 Å². The molecule has 0 aliphatic carbocycles. The Hall–Kier alpha value is -2.46. The van der Waals surface area contributed by atoms with Gasteiger partial charge in [-0.25, -0.2) is 9.97 Å². The van der Waals surface area contributed by atoms with Crippen LogP contribution in [0.3, 0.4) is 0 Å². The van der Waals surface area contributed by atoms with E-state index in [4.69, 9.17) is 11.6 Å². The Balaban J connectivity index is 1.82. The average Bonchev–Trinajstić information content (AvgIpc) is 2.96. The third-order valence-electron chi connectivity index (χ3n) is 3.41. The van der Waals surface area contributed by atoms with Crippen molar-refractivity contribution in [1.82, 2.24) is 19.7 Å². The lowest BCUT2D eigenvalue weighted by Gasteiger charge is -2.06. The first kappa shape index (κ1) is 14.5. The highest BCUT2D eigenvalue weighted by Gasteiger charge is 2.11. The van der Waals surface area contributed by atoms with Gasteiger partial charge in [0.05, 0.1) is 17.9 Å². The fourth-order valence-electron chi connectivity index (χ4n) is 2.25. The van der Waals surface area contributed by atoms with E-state index in [0.29, 0.717) is 0 Å². The lowest BCUT2D eigenvalue weighted by Crippen LogP contribution is -2.01. The van der Waals surface area contributed by atoms with Gasteiger partial charge in [0, 0.05) is 23.5 Å². The van der Waals surface area contributed by atoms with Crippen molar-refractivity contribution in [1.29, 1.82) is 0 Å². The maximum absolute atomic E-state index is 5.79. The number of benzene rings is 1. The zero-order valence-electron chi connectivity index (χ0n) is 12.2. The van der Waals surface area contributed by atoms with Crippen LogP contribution < -0.4 is 0 Å². The minimum atomic E-state index is 0.239. The van der Waals surface area contributed by atoms with Gasteiger partial charge < -0.3 is 0 Å². The lowest BCUT2D eigenvalue weighted by molar-refractivity contribution is 0.684. The number of aryl methyl sites for hydroxylation is 1. The molecular formula is C17H15ClN4. The molecule has 3 rings (SSSR count). The summed E-state index contributed by atoms with van der Waals surface area (Å²) in [5.41, 5.74) is 4.46. The summed E-state index contributed by atoms with van der Waals surface area (Å²) in [7, 11) is 0. The molecule has 0 spiro atoms. The summed E-state index contributed by atoms with van der Waals surface area (Å²) in [6.45, 7) is 6.72. The topological polar surface area (TPSA) is 43.6 Å². The molecule has 0 saturated carbocycles. The maximum Gasteiger partial charge on any atom is 0.222 e. The van der Waals surface area contributed by atoms with Crippen LogP contribution in [0.4, 0.5) is 0 Å². The molecule has 3 aromatic rings. The van der Waals surface area contributed by atoms with Gasteiger partial charge in [-0.3, -0.25) is 4.68 Å². The number of halogens is 1. The van der Waals surface area contributed by atoms with Crippen molar-refractivity contribution in [3.05, 3.63) is 83.2 Å². The normalized spacial score (nSPS) is 10.6. The summed E-state index contributed by atoms with van der Waals surface area (Å²) >= 11 is 5.79. The van der Waals surface area contributed by atoms with Crippen molar-refractivity contribution in [2.75, 3.05) is 0 Å². The van der Waals surface area contributed by atoms with Crippen LogP contribution in [-0.4, -0.2) is 19.7 Å². The van der Waals surface area contributed by atoms with E-state index in [0.717, 1.165) is 29.1 Å². The van der Waals surface area contributed by atoms with E-state index < -0.39 is 0 Å². The van der Waals surface area contributed by atoms with Gasteiger partial charge in [0.25, 0.3) is 0 Å². The zero-order chi connectivity index (χ0) is 15.5. The van der Waals surface area contributed by atoms with E-state index in [1.54, 1.807) is 6.20 Å². The largest absolute Gasteiger partial charge is 0.268 e. The highest BCUT2D eigenvalue weighted by atomic mass is 35.5. The Kier molecular flexibility index (Phi) is 4.02. The fraction of sp³-hybridized carbons (Fsp3) is 0.118. The molecule has 0 radical (unpaired) electrons. The first-order valence-electron chi connectivity index (χ1n) is 6.89. The number of aromatic nitrogens is 4. The Bertz CT molecular complexity index is 809. The monoisotopic (exact) mass is 310 g/mol. The van der Waals surface area contributed by atoms with Crippen molar-refractivity contribution >= 4 is 17.2 Å². The Morgan fingerprint density at radius 2 is 2.00 bits per heavy atom. The molecule has 0 fully saturated rings. The van der Waals surface area contributed by atoms with E-state index >= 15 is 0 Å². The Morgan fingerprint density at radius 3 is 2.73 bits per heavy atom. The van der Waals surface area contributed by atoms with Gasteiger partial charge in [-0.1, -0.05) is 36.9 Å². The van der Waals surface area contributed by atoms with Gasteiger partial charge in [0.15, 0.2) is 0 Å². The summed E-state index contributed by atoms with van der Waals surface area (Å²) < 4.78 is 1.89. The number of nitrogens with zero attached hydrogens (tertiary/aromatic N) is 4. The molecular weight excluding hydrogens is 296 g/mol. The second-order valence-corrected chi connectivity index (χ2v) is 5.34. The molecule has 0 aliphatic heterocycles. The number of rotatable bonds is 4. The molecule has 4 nitrogen and oxygen atoms in total. The molecule has 0 amide bonds.